The van der Waals surface area contributed by atoms with E-state index in [-0.39, 0.29) is 36.6 Å². The van der Waals surface area contributed by atoms with Gasteiger partial charge in [-0.05, 0) is 18.4 Å². The summed E-state index contributed by atoms with van der Waals surface area (Å²) in [6, 6.07) is 5.91. The van der Waals surface area contributed by atoms with Gasteiger partial charge in [-0.25, -0.2) is 0 Å². The second kappa shape index (κ2) is 9.75. The Kier molecular flexibility index (Phi) is 9.66. The summed E-state index contributed by atoms with van der Waals surface area (Å²) in [6.07, 6.45) is 1.04. The highest BCUT2D eigenvalue weighted by Crippen LogP contribution is 2.37. The maximum absolute atomic E-state index is 10.2. The molecule has 1 aromatic rings. The summed E-state index contributed by atoms with van der Waals surface area (Å²) in [5, 5.41) is 14.1. The van der Waals surface area contributed by atoms with E-state index in [4.69, 9.17) is 11.6 Å². The van der Waals surface area contributed by atoms with Gasteiger partial charge >= 0.3 is 0 Å². The summed E-state index contributed by atoms with van der Waals surface area (Å²) in [4.78, 5) is 2.45. The lowest BCUT2D eigenvalue weighted by Crippen LogP contribution is -2.45. The van der Waals surface area contributed by atoms with Gasteiger partial charge in [0, 0.05) is 37.8 Å². The molecule has 2 rings (SSSR count). The van der Waals surface area contributed by atoms with Crippen LogP contribution in [0.25, 0.3) is 0 Å². The zero-order valence-electron chi connectivity index (χ0n) is 12.5. The Balaban J connectivity index is 0.00000200. The molecule has 0 saturated carbocycles. The Bertz CT molecular complexity index is 423. The van der Waals surface area contributed by atoms with Crippen molar-refractivity contribution < 1.29 is 5.11 Å². The number of benzene rings is 1. The molecule has 122 valence electrons. The molecule has 3 nitrogen and oxygen atoms in total. The number of hydrogen-bond acceptors (Lipinski definition) is 3. The molecule has 6 heteroatoms. The maximum atomic E-state index is 10.2. The predicted octanol–water partition coefficient (Wildman–Crippen LogP) is 3.88. The van der Waals surface area contributed by atoms with Crippen LogP contribution in [0.1, 0.15) is 31.9 Å². The Morgan fingerprint density at radius 2 is 1.86 bits per heavy atom. The van der Waals surface area contributed by atoms with Gasteiger partial charge in [-0.2, -0.15) is 0 Å². The standard InChI is InChI=1S/C15H23ClN2O.2ClH/c1-11(2)10-14(18-8-6-17-7-9-18)12-4-3-5-13(16)15(12)19;;/h3-5,11,14,17,19H,6-10H2,1-2H3;2*1H/t14-;;/m0../s1. The summed E-state index contributed by atoms with van der Waals surface area (Å²) in [5.74, 6) is 0.826. The summed E-state index contributed by atoms with van der Waals surface area (Å²) in [7, 11) is 0. The number of aromatic hydroxyl groups is 1. The molecule has 0 amide bonds. The van der Waals surface area contributed by atoms with Crippen molar-refractivity contribution in [3.8, 4) is 5.75 Å². The van der Waals surface area contributed by atoms with Crippen LogP contribution in [0.2, 0.25) is 5.02 Å². The minimum Gasteiger partial charge on any atom is -0.506 e. The van der Waals surface area contributed by atoms with Crippen LogP contribution in [-0.4, -0.2) is 36.2 Å². The molecule has 1 heterocycles. The summed E-state index contributed by atoms with van der Waals surface area (Å²) >= 11 is 6.05. The predicted molar refractivity (Wildman–Crippen MR) is 94.3 cm³/mol. The van der Waals surface area contributed by atoms with Crippen LogP contribution in [0, 0.1) is 5.92 Å². The molecular formula is C15H25Cl3N2O. The minimum atomic E-state index is 0. The third kappa shape index (κ3) is 5.50. The van der Waals surface area contributed by atoms with Gasteiger partial charge in [0.2, 0.25) is 0 Å². The Morgan fingerprint density at radius 1 is 1.24 bits per heavy atom. The number of nitrogens with zero attached hydrogens (tertiary/aromatic N) is 1. The van der Waals surface area contributed by atoms with E-state index in [9.17, 15) is 5.11 Å². The molecule has 0 unspecified atom stereocenters. The van der Waals surface area contributed by atoms with Gasteiger partial charge < -0.3 is 10.4 Å². The molecule has 21 heavy (non-hydrogen) atoms. The fourth-order valence-corrected chi connectivity index (χ4v) is 2.90. The van der Waals surface area contributed by atoms with E-state index in [2.05, 4.69) is 24.1 Å². The van der Waals surface area contributed by atoms with E-state index >= 15 is 0 Å². The average Bonchev–Trinajstić information content (AvgIpc) is 2.40. The number of phenolic OH excluding ortho intramolecular Hbond substituents is 1. The van der Waals surface area contributed by atoms with Crippen LogP contribution in [-0.2, 0) is 0 Å². The van der Waals surface area contributed by atoms with Crippen molar-refractivity contribution in [1.29, 1.82) is 0 Å². The number of nitrogens with one attached hydrogen (secondary N) is 1. The fourth-order valence-electron chi connectivity index (χ4n) is 2.71. The third-order valence-electron chi connectivity index (χ3n) is 3.66. The lowest BCUT2D eigenvalue weighted by molar-refractivity contribution is 0.151. The first kappa shape index (κ1) is 20.8. The molecule has 1 aliphatic heterocycles. The highest BCUT2D eigenvalue weighted by atomic mass is 35.5. The fraction of sp³-hybridized carbons (Fsp3) is 0.600. The van der Waals surface area contributed by atoms with Gasteiger partial charge in [0.05, 0.1) is 5.02 Å². The summed E-state index contributed by atoms with van der Waals surface area (Å²) in [5.41, 5.74) is 0.961. The molecule has 0 spiro atoms. The van der Waals surface area contributed by atoms with Crippen molar-refractivity contribution in [2.24, 2.45) is 5.92 Å². The van der Waals surface area contributed by atoms with Crippen molar-refractivity contribution in [2.75, 3.05) is 26.2 Å². The number of halogens is 3. The number of rotatable bonds is 4. The van der Waals surface area contributed by atoms with Gasteiger partial charge in [0.1, 0.15) is 5.75 Å². The topological polar surface area (TPSA) is 35.5 Å². The van der Waals surface area contributed by atoms with E-state index < -0.39 is 0 Å². The lowest BCUT2D eigenvalue weighted by atomic mass is 9.94. The quantitative estimate of drug-likeness (QED) is 0.860. The molecule has 1 aromatic carbocycles. The highest BCUT2D eigenvalue weighted by Gasteiger charge is 2.25. The molecule has 0 bridgehead atoms. The monoisotopic (exact) mass is 354 g/mol. The second-order valence-corrected chi connectivity index (χ2v) is 6.02. The Hall–Kier alpha value is -0.190. The molecule has 2 N–H and O–H groups in total. The number of phenols is 1. The molecule has 1 fully saturated rings. The van der Waals surface area contributed by atoms with Gasteiger partial charge in [0.15, 0.2) is 0 Å². The maximum Gasteiger partial charge on any atom is 0.138 e. The minimum absolute atomic E-state index is 0. The first-order chi connectivity index (χ1) is 9.09. The van der Waals surface area contributed by atoms with E-state index in [1.165, 1.54) is 0 Å². The number of piperazine rings is 1. The second-order valence-electron chi connectivity index (χ2n) is 5.61. The van der Waals surface area contributed by atoms with Crippen molar-refractivity contribution in [3.05, 3.63) is 28.8 Å². The average molecular weight is 356 g/mol. The number of para-hydroxylation sites is 1. The smallest absolute Gasteiger partial charge is 0.138 e. The van der Waals surface area contributed by atoms with Gasteiger partial charge in [0.25, 0.3) is 0 Å². The van der Waals surface area contributed by atoms with Crippen molar-refractivity contribution in [1.82, 2.24) is 10.2 Å². The number of hydrogen-bond donors (Lipinski definition) is 2. The molecule has 0 radical (unpaired) electrons. The SMILES string of the molecule is CC(C)C[C@@H](c1cccc(Cl)c1O)N1CCNCC1.Cl.Cl. The van der Waals surface area contributed by atoms with E-state index in [0.717, 1.165) is 38.2 Å². The summed E-state index contributed by atoms with van der Waals surface area (Å²) < 4.78 is 0. The summed E-state index contributed by atoms with van der Waals surface area (Å²) in [6.45, 7) is 8.49. The molecule has 1 atom stereocenters. The van der Waals surface area contributed by atoms with E-state index in [1.54, 1.807) is 6.07 Å². The first-order valence-electron chi connectivity index (χ1n) is 7.01. The van der Waals surface area contributed by atoms with Crippen LogP contribution in [0.5, 0.6) is 5.75 Å². The van der Waals surface area contributed by atoms with Crippen LogP contribution < -0.4 is 5.32 Å². The van der Waals surface area contributed by atoms with Gasteiger partial charge in [-0.15, -0.1) is 24.8 Å². The zero-order valence-corrected chi connectivity index (χ0v) is 14.9. The molecular weight excluding hydrogens is 331 g/mol. The Morgan fingerprint density at radius 3 is 2.43 bits per heavy atom. The molecule has 0 aromatic heterocycles. The lowest BCUT2D eigenvalue weighted by Gasteiger charge is -2.36. The zero-order chi connectivity index (χ0) is 13.8. The largest absolute Gasteiger partial charge is 0.506 e. The third-order valence-corrected chi connectivity index (χ3v) is 3.97. The molecule has 1 aliphatic rings. The van der Waals surface area contributed by atoms with Gasteiger partial charge in [-0.1, -0.05) is 37.6 Å². The highest BCUT2D eigenvalue weighted by molar-refractivity contribution is 6.32. The van der Waals surface area contributed by atoms with Crippen LogP contribution >= 0.6 is 36.4 Å². The van der Waals surface area contributed by atoms with Crippen molar-refractivity contribution >= 4 is 36.4 Å². The Labute approximate surface area is 144 Å². The van der Waals surface area contributed by atoms with E-state index in [1.807, 2.05) is 12.1 Å². The molecule has 0 aliphatic carbocycles. The van der Waals surface area contributed by atoms with Crippen LogP contribution in [0.3, 0.4) is 0 Å². The van der Waals surface area contributed by atoms with E-state index in [0.29, 0.717) is 10.9 Å². The van der Waals surface area contributed by atoms with Crippen LogP contribution in [0.4, 0.5) is 0 Å². The van der Waals surface area contributed by atoms with Crippen molar-refractivity contribution in [2.45, 2.75) is 26.3 Å². The van der Waals surface area contributed by atoms with Crippen molar-refractivity contribution in [3.63, 3.8) is 0 Å². The van der Waals surface area contributed by atoms with Gasteiger partial charge in [-0.3, -0.25) is 4.90 Å². The molecule has 1 saturated heterocycles. The van der Waals surface area contributed by atoms with Crippen LogP contribution in [0.15, 0.2) is 18.2 Å². The first-order valence-corrected chi connectivity index (χ1v) is 7.39. The normalized spacial score (nSPS) is 17.0.